The van der Waals surface area contributed by atoms with Gasteiger partial charge >= 0.3 is 0 Å². The zero-order valence-electron chi connectivity index (χ0n) is 9.84. The van der Waals surface area contributed by atoms with Crippen molar-refractivity contribution in [1.29, 1.82) is 0 Å². The Hall–Kier alpha value is -1.62. The normalized spacial score (nSPS) is 16.9. The van der Waals surface area contributed by atoms with Gasteiger partial charge in [-0.05, 0) is 32.0 Å². The molecular weight excluding hydrogens is 214 g/mol. The number of aromatic nitrogens is 3. The lowest BCUT2D eigenvalue weighted by atomic mass is 10.4. The van der Waals surface area contributed by atoms with E-state index in [1.54, 1.807) is 12.4 Å². The molecule has 0 amide bonds. The lowest BCUT2D eigenvalue weighted by Gasteiger charge is -2.15. The molecule has 5 heteroatoms. The van der Waals surface area contributed by atoms with Gasteiger partial charge in [-0.3, -0.25) is 4.98 Å². The van der Waals surface area contributed by atoms with Gasteiger partial charge in [-0.2, -0.15) is 0 Å². The monoisotopic (exact) mass is 231 g/mol. The Balaban J connectivity index is 1.81. The van der Waals surface area contributed by atoms with Gasteiger partial charge in [-0.15, -0.1) is 0 Å². The first-order valence-electron chi connectivity index (χ1n) is 6.13. The molecule has 1 aliphatic rings. The van der Waals surface area contributed by atoms with E-state index in [1.807, 2.05) is 6.07 Å². The number of nitrogens with two attached hydrogens (primary N) is 1. The highest BCUT2D eigenvalue weighted by atomic mass is 15.2. The first kappa shape index (κ1) is 10.5. The fourth-order valence-electron chi connectivity index (χ4n) is 2.48. The summed E-state index contributed by atoms with van der Waals surface area (Å²) in [7, 11) is 0. The molecule has 0 unspecified atom stereocenters. The fourth-order valence-corrected chi connectivity index (χ4v) is 2.48. The Bertz CT molecular complexity index is 513. The Morgan fingerprint density at radius 2 is 2.06 bits per heavy atom. The van der Waals surface area contributed by atoms with Crippen molar-refractivity contribution in [2.24, 2.45) is 0 Å². The van der Waals surface area contributed by atoms with E-state index in [0.717, 1.165) is 24.1 Å². The van der Waals surface area contributed by atoms with Crippen molar-refractivity contribution in [2.75, 3.05) is 25.4 Å². The van der Waals surface area contributed by atoms with E-state index in [1.165, 1.54) is 25.9 Å². The molecule has 0 radical (unpaired) electrons. The van der Waals surface area contributed by atoms with Crippen LogP contribution in [0.2, 0.25) is 0 Å². The third kappa shape index (κ3) is 1.98. The van der Waals surface area contributed by atoms with Gasteiger partial charge < -0.3 is 15.2 Å². The number of nitrogens with zero attached hydrogens (tertiary/aromatic N) is 4. The highest BCUT2D eigenvalue weighted by Crippen LogP contribution is 2.16. The van der Waals surface area contributed by atoms with Gasteiger partial charge in [-0.1, -0.05) is 0 Å². The van der Waals surface area contributed by atoms with Crippen LogP contribution in [-0.4, -0.2) is 39.1 Å². The maximum atomic E-state index is 5.94. The second-order valence-corrected chi connectivity index (χ2v) is 4.53. The summed E-state index contributed by atoms with van der Waals surface area (Å²) < 4.78 is 2.08. The Kier molecular flexibility index (Phi) is 2.68. The minimum Gasteiger partial charge on any atom is -0.369 e. The number of hydrogen-bond acceptors (Lipinski definition) is 4. The van der Waals surface area contributed by atoms with Crippen LogP contribution >= 0.6 is 0 Å². The molecule has 3 rings (SSSR count). The van der Waals surface area contributed by atoms with E-state index in [0.29, 0.717) is 5.95 Å². The Morgan fingerprint density at radius 3 is 2.88 bits per heavy atom. The minimum absolute atomic E-state index is 0.590. The quantitative estimate of drug-likeness (QED) is 0.859. The highest BCUT2D eigenvalue weighted by molar-refractivity contribution is 5.76. The van der Waals surface area contributed by atoms with Crippen molar-refractivity contribution in [1.82, 2.24) is 19.4 Å². The van der Waals surface area contributed by atoms with Crippen molar-refractivity contribution in [3.63, 3.8) is 0 Å². The zero-order valence-corrected chi connectivity index (χ0v) is 9.84. The summed E-state index contributed by atoms with van der Waals surface area (Å²) in [6.45, 7) is 4.40. The van der Waals surface area contributed by atoms with Crippen LogP contribution < -0.4 is 5.73 Å². The molecule has 0 aliphatic carbocycles. The van der Waals surface area contributed by atoms with E-state index >= 15 is 0 Å². The highest BCUT2D eigenvalue weighted by Gasteiger charge is 2.13. The predicted molar refractivity (Wildman–Crippen MR) is 67.6 cm³/mol. The van der Waals surface area contributed by atoms with Crippen LogP contribution in [0.5, 0.6) is 0 Å². The minimum atomic E-state index is 0.590. The van der Waals surface area contributed by atoms with Crippen LogP contribution in [-0.2, 0) is 6.54 Å². The number of rotatable bonds is 3. The van der Waals surface area contributed by atoms with E-state index in [-0.39, 0.29) is 0 Å². The summed E-state index contributed by atoms with van der Waals surface area (Å²) in [5.74, 6) is 0.590. The number of likely N-dealkylation sites (tertiary alicyclic amines) is 1. The average molecular weight is 231 g/mol. The van der Waals surface area contributed by atoms with Gasteiger partial charge in [0.25, 0.3) is 0 Å². The molecule has 0 spiro atoms. The molecule has 2 N–H and O–H groups in total. The SMILES string of the molecule is Nc1nc2cnccc2n1CCN1CCCC1. The van der Waals surface area contributed by atoms with E-state index in [9.17, 15) is 0 Å². The number of pyridine rings is 1. The molecule has 0 atom stereocenters. The predicted octanol–water partition coefficient (Wildman–Crippen LogP) is 1.11. The molecule has 17 heavy (non-hydrogen) atoms. The molecule has 1 saturated heterocycles. The number of nitrogen functional groups attached to an aromatic ring is 1. The third-order valence-electron chi connectivity index (χ3n) is 3.42. The zero-order chi connectivity index (χ0) is 11.7. The third-order valence-corrected chi connectivity index (χ3v) is 3.42. The standard InChI is InChI=1S/C12H17N5/c13-12-15-10-9-14-4-3-11(10)17(12)8-7-16-5-1-2-6-16/h3-4,9H,1-2,5-8H2,(H2,13,15). The Labute approximate surface area is 100 Å². The van der Waals surface area contributed by atoms with Crippen molar-refractivity contribution in [2.45, 2.75) is 19.4 Å². The maximum absolute atomic E-state index is 5.94. The molecule has 90 valence electrons. The fraction of sp³-hybridized carbons (Fsp3) is 0.500. The van der Waals surface area contributed by atoms with Gasteiger partial charge in [0.15, 0.2) is 0 Å². The van der Waals surface area contributed by atoms with Gasteiger partial charge in [0.05, 0.1) is 11.7 Å². The smallest absolute Gasteiger partial charge is 0.201 e. The lowest BCUT2D eigenvalue weighted by molar-refractivity contribution is 0.325. The number of anilines is 1. The van der Waals surface area contributed by atoms with E-state index in [2.05, 4.69) is 19.4 Å². The Morgan fingerprint density at radius 1 is 1.24 bits per heavy atom. The van der Waals surface area contributed by atoms with Crippen LogP contribution in [0.25, 0.3) is 11.0 Å². The summed E-state index contributed by atoms with van der Waals surface area (Å²) in [4.78, 5) is 10.9. The summed E-state index contributed by atoms with van der Waals surface area (Å²) in [5, 5.41) is 0. The summed E-state index contributed by atoms with van der Waals surface area (Å²) in [6, 6.07) is 1.97. The van der Waals surface area contributed by atoms with Crippen molar-refractivity contribution in [3.8, 4) is 0 Å². The molecule has 2 aromatic rings. The molecule has 5 nitrogen and oxygen atoms in total. The lowest BCUT2D eigenvalue weighted by Crippen LogP contribution is -2.24. The molecule has 0 bridgehead atoms. The number of hydrogen-bond donors (Lipinski definition) is 1. The van der Waals surface area contributed by atoms with E-state index in [4.69, 9.17) is 5.73 Å². The molecule has 0 saturated carbocycles. The maximum Gasteiger partial charge on any atom is 0.201 e. The molecule has 1 aliphatic heterocycles. The summed E-state index contributed by atoms with van der Waals surface area (Å²) >= 11 is 0. The van der Waals surface area contributed by atoms with Crippen LogP contribution in [0.15, 0.2) is 18.5 Å². The van der Waals surface area contributed by atoms with Crippen molar-refractivity contribution >= 4 is 17.0 Å². The molecule has 3 heterocycles. The molecule has 0 aromatic carbocycles. The number of imidazole rings is 1. The average Bonchev–Trinajstić information content (AvgIpc) is 2.93. The van der Waals surface area contributed by atoms with Gasteiger partial charge in [0, 0.05) is 19.3 Å². The topological polar surface area (TPSA) is 60.0 Å². The van der Waals surface area contributed by atoms with Crippen LogP contribution in [0, 0.1) is 0 Å². The molecule has 1 fully saturated rings. The summed E-state index contributed by atoms with van der Waals surface area (Å²) in [6.07, 6.45) is 6.20. The van der Waals surface area contributed by atoms with Crippen LogP contribution in [0.3, 0.4) is 0 Å². The van der Waals surface area contributed by atoms with Crippen LogP contribution in [0.1, 0.15) is 12.8 Å². The summed E-state index contributed by atoms with van der Waals surface area (Å²) in [5.41, 5.74) is 7.90. The van der Waals surface area contributed by atoms with Gasteiger partial charge in [-0.25, -0.2) is 4.98 Å². The van der Waals surface area contributed by atoms with E-state index < -0.39 is 0 Å². The van der Waals surface area contributed by atoms with Gasteiger partial charge in [0.2, 0.25) is 5.95 Å². The van der Waals surface area contributed by atoms with Crippen LogP contribution in [0.4, 0.5) is 5.95 Å². The first-order chi connectivity index (χ1) is 8.34. The second-order valence-electron chi connectivity index (χ2n) is 4.53. The molecular formula is C12H17N5. The van der Waals surface area contributed by atoms with Crippen molar-refractivity contribution < 1.29 is 0 Å². The van der Waals surface area contributed by atoms with Gasteiger partial charge in [0.1, 0.15) is 5.52 Å². The second kappa shape index (κ2) is 4.33. The van der Waals surface area contributed by atoms with Crippen molar-refractivity contribution in [3.05, 3.63) is 18.5 Å². The molecule has 2 aromatic heterocycles. The number of fused-ring (bicyclic) bond motifs is 1. The largest absolute Gasteiger partial charge is 0.369 e. The first-order valence-corrected chi connectivity index (χ1v) is 6.13.